The molecule has 0 bridgehead atoms. The van der Waals surface area contributed by atoms with Gasteiger partial charge in [-0.2, -0.15) is 0 Å². The minimum Gasteiger partial charge on any atom is -0.497 e. The van der Waals surface area contributed by atoms with Gasteiger partial charge in [-0.05, 0) is 87.1 Å². The monoisotopic (exact) mass is 385 g/mol. The van der Waals surface area contributed by atoms with Crippen molar-refractivity contribution in [1.82, 2.24) is 14.9 Å². The molecule has 1 aliphatic carbocycles. The zero-order chi connectivity index (χ0) is 19.3. The Morgan fingerprint density at radius 2 is 1.75 bits per heavy atom. The second-order valence-electron chi connectivity index (χ2n) is 9.08. The van der Waals surface area contributed by atoms with Crippen LogP contribution in [-0.4, -0.2) is 67.3 Å². The van der Waals surface area contributed by atoms with E-state index in [1.54, 1.807) is 12.7 Å². The molecular formula is C24H39N3O. The Hall–Kier alpha value is -1.10. The standard InChI is InChI=1S/C24H39N3O/c1-3-12-25(19-20-10-15-27(16-11-20)26-13-4-5-14-26)23-8-6-22-18-24(28-2)9-7-21(22)17-23/h7,9,18,20,23H,3-6,8,10-17,19H2,1-2H3. The van der Waals surface area contributed by atoms with Crippen molar-refractivity contribution in [1.29, 1.82) is 0 Å². The van der Waals surface area contributed by atoms with Crippen molar-refractivity contribution in [3.05, 3.63) is 29.3 Å². The number of piperidine rings is 1. The van der Waals surface area contributed by atoms with E-state index in [9.17, 15) is 0 Å². The van der Waals surface area contributed by atoms with Gasteiger partial charge in [0.15, 0.2) is 0 Å². The number of hydrogen-bond donors (Lipinski definition) is 0. The highest BCUT2D eigenvalue weighted by atomic mass is 16.5. The number of hydrazine groups is 1. The number of methoxy groups -OCH3 is 1. The van der Waals surface area contributed by atoms with Gasteiger partial charge in [-0.1, -0.05) is 13.0 Å². The number of benzene rings is 1. The molecule has 0 spiro atoms. The molecule has 1 aromatic carbocycles. The van der Waals surface area contributed by atoms with Crippen molar-refractivity contribution in [3.8, 4) is 5.75 Å². The molecule has 1 unspecified atom stereocenters. The number of rotatable bonds is 7. The maximum atomic E-state index is 5.42. The fourth-order valence-corrected chi connectivity index (χ4v) is 5.56. The first-order valence-electron chi connectivity index (χ1n) is 11.7. The predicted molar refractivity (Wildman–Crippen MR) is 116 cm³/mol. The van der Waals surface area contributed by atoms with E-state index in [1.165, 1.54) is 96.2 Å². The Morgan fingerprint density at radius 3 is 2.46 bits per heavy atom. The summed E-state index contributed by atoms with van der Waals surface area (Å²) in [6.07, 6.45) is 10.5. The summed E-state index contributed by atoms with van der Waals surface area (Å²) in [7, 11) is 1.77. The molecule has 1 aromatic rings. The van der Waals surface area contributed by atoms with Crippen LogP contribution in [0.5, 0.6) is 5.75 Å². The van der Waals surface area contributed by atoms with Crippen molar-refractivity contribution in [2.45, 2.75) is 64.3 Å². The molecule has 2 fully saturated rings. The molecule has 0 radical (unpaired) electrons. The van der Waals surface area contributed by atoms with Gasteiger partial charge in [-0.15, -0.1) is 0 Å². The van der Waals surface area contributed by atoms with E-state index in [2.05, 4.69) is 40.0 Å². The second kappa shape index (κ2) is 9.60. The molecule has 0 saturated carbocycles. The Labute approximate surface area is 171 Å². The smallest absolute Gasteiger partial charge is 0.119 e. The van der Waals surface area contributed by atoms with Gasteiger partial charge in [0.05, 0.1) is 7.11 Å². The van der Waals surface area contributed by atoms with Crippen molar-refractivity contribution >= 4 is 0 Å². The van der Waals surface area contributed by atoms with Crippen molar-refractivity contribution < 1.29 is 4.74 Å². The lowest BCUT2D eigenvalue weighted by Crippen LogP contribution is -2.48. The average Bonchev–Trinajstić information content (AvgIpc) is 3.28. The predicted octanol–water partition coefficient (Wildman–Crippen LogP) is 3.99. The van der Waals surface area contributed by atoms with Crippen LogP contribution in [0.1, 0.15) is 56.6 Å². The van der Waals surface area contributed by atoms with Gasteiger partial charge < -0.3 is 4.74 Å². The first-order chi connectivity index (χ1) is 13.8. The van der Waals surface area contributed by atoms with Crippen LogP contribution in [-0.2, 0) is 12.8 Å². The molecule has 4 nitrogen and oxygen atoms in total. The zero-order valence-electron chi connectivity index (χ0n) is 18.0. The third-order valence-corrected chi connectivity index (χ3v) is 7.21. The SMILES string of the molecule is CCCN(CC1CCN(N2CCCC2)CC1)C1CCc2cc(OC)ccc2C1. The van der Waals surface area contributed by atoms with Gasteiger partial charge in [0.25, 0.3) is 0 Å². The summed E-state index contributed by atoms with van der Waals surface area (Å²) in [5, 5.41) is 5.27. The topological polar surface area (TPSA) is 19.0 Å². The number of nitrogens with zero attached hydrogens (tertiary/aromatic N) is 3. The van der Waals surface area contributed by atoms with Crippen LogP contribution in [0.4, 0.5) is 0 Å². The first-order valence-corrected chi connectivity index (χ1v) is 11.7. The lowest BCUT2D eigenvalue weighted by molar-refractivity contribution is -0.0354. The van der Waals surface area contributed by atoms with Crippen molar-refractivity contribution in [2.75, 3.05) is 46.4 Å². The normalized spacial score (nSPS) is 24.6. The summed E-state index contributed by atoms with van der Waals surface area (Å²) in [6.45, 7) is 10.0. The zero-order valence-corrected chi connectivity index (χ0v) is 18.0. The van der Waals surface area contributed by atoms with E-state index in [4.69, 9.17) is 4.74 Å². The van der Waals surface area contributed by atoms with Crippen molar-refractivity contribution in [2.24, 2.45) is 5.92 Å². The summed E-state index contributed by atoms with van der Waals surface area (Å²) < 4.78 is 5.42. The first kappa shape index (κ1) is 20.2. The molecule has 156 valence electrons. The van der Waals surface area contributed by atoms with E-state index in [0.717, 1.165) is 17.7 Å². The summed E-state index contributed by atoms with van der Waals surface area (Å²) in [5.41, 5.74) is 3.05. The van der Waals surface area contributed by atoms with Gasteiger partial charge in [-0.3, -0.25) is 4.90 Å². The minimum atomic E-state index is 0.720. The Bertz CT molecular complexity index is 620. The Kier molecular flexibility index (Phi) is 6.92. The van der Waals surface area contributed by atoms with Crippen LogP contribution in [0.3, 0.4) is 0 Å². The van der Waals surface area contributed by atoms with E-state index in [-0.39, 0.29) is 0 Å². The molecule has 0 aromatic heterocycles. The maximum absolute atomic E-state index is 5.42. The third kappa shape index (κ3) is 4.72. The van der Waals surface area contributed by atoms with Crippen molar-refractivity contribution in [3.63, 3.8) is 0 Å². The molecule has 3 aliphatic rings. The molecule has 0 N–H and O–H groups in total. The summed E-state index contributed by atoms with van der Waals surface area (Å²) in [5.74, 6) is 1.88. The highest BCUT2D eigenvalue weighted by Crippen LogP contribution is 2.30. The van der Waals surface area contributed by atoms with E-state index in [1.807, 2.05) is 0 Å². The van der Waals surface area contributed by atoms with Gasteiger partial charge in [0.1, 0.15) is 5.75 Å². The largest absolute Gasteiger partial charge is 0.497 e. The number of hydrogen-bond acceptors (Lipinski definition) is 4. The Balaban J connectivity index is 1.32. The molecule has 2 saturated heterocycles. The third-order valence-electron chi connectivity index (χ3n) is 7.21. The fourth-order valence-electron chi connectivity index (χ4n) is 5.56. The Morgan fingerprint density at radius 1 is 1.00 bits per heavy atom. The van der Waals surface area contributed by atoms with E-state index in [0.29, 0.717) is 0 Å². The maximum Gasteiger partial charge on any atom is 0.119 e. The molecule has 4 heteroatoms. The molecule has 2 heterocycles. The number of ether oxygens (including phenoxy) is 1. The summed E-state index contributed by atoms with van der Waals surface area (Å²) >= 11 is 0. The van der Waals surface area contributed by atoms with Crippen LogP contribution in [0.2, 0.25) is 0 Å². The molecule has 28 heavy (non-hydrogen) atoms. The van der Waals surface area contributed by atoms with Gasteiger partial charge in [-0.25, -0.2) is 10.0 Å². The lowest BCUT2D eigenvalue weighted by Gasteiger charge is -2.41. The minimum absolute atomic E-state index is 0.720. The lowest BCUT2D eigenvalue weighted by atomic mass is 9.86. The van der Waals surface area contributed by atoms with Gasteiger partial charge in [0, 0.05) is 38.8 Å². The van der Waals surface area contributed by atoms with E-state index >= 15 is 0 Å². The molecular weight excluding hydrogens is 346 g/mol. The van der Waals surface area contributed by atoms with Crippen LogP contribution in [0.15, 0.2) is 18.2 Å². The fraction of sp³-hybridized carbons (Fsp3) is 0.750. The van der Waals surface area contributed by atoms with Crippen LogP contribution < -0.4 is 4.74 Å². The quantitative estimate of drug-likeness (QED) is 0.706. The molecule has 4 rings (SSSR count). The highest BCUT2D eigenvalue weighted by Gasteiger charge is 2.29. The second-order valence-corrected chi connectivity index (χ2v) is 9.08. The van der Waals surface area contributed by atoms with Gasteiger partial charge in [0.2, 0.25) is 0 Å². The number of fused-ring (bicyclic) bond motifs is 1. The molecule has 1 atom stereocenters. The van der Waals surface area contributed by atoms with Gasteiger partial charge >= 0.3 is 0 Å². The van der Waals surface area contributed by atoms with Crippen LogP contribution in [0, 0.1) is 5.92 Å². The molecule has 2 aliphatic heterocycles. The van der Waals surface area contributed by atoms with Crippen LogP contribution in [0.25, 0.3) is 0 Å². The average molecular weight is 386 g/mol. The summed E-state index contributed by atoms with van der Waals surface area (Å²) in [4.78, 5) is 2.84. The molecule has 0 amide bonds. The van der Waals surface area contributed by atoms with Crippen LogP contribution >= 0.6 is 0 Å². The summed E-state index contributed by atoms with van der Waals surface area (Å²) in [6, 6.07) is 7.42. The number of aryl methyl sites for hydroxylation is 1. The highest BCUT2D eigenvalue weighted by molar-refractivity contribution is 5.37. The van der Waals surface area contributed by atoms with E-state index < -0.39 is 0 Å².